The van der Waals surface area contributed by atoms with Crippen LogP contribution in [0.4, 0.5) is 5.13 Å². The maximum atomic E-state index is 4.41. The number of nitrogens with one attached hydrogen (secondary N) is 2. The number of aromatic nitrogens is 1. The second-order valence-electron chi connectivity index (χ2n) is 2.78. The van der Waals surface area contributed by atoms with Gasteiger partial charge in [0.1, 0.15) is 0 Å². The van der Waals surface area contributed by atoms with Crippen LogP contribution in [0.1, 0.15) is 19.5 Å². The van der Waals surface area contributed by atoms with Crippen molar-refractivity contribution in [2.24, 2.45) is 0 Å². The lowest BCUT2D eigenvalue weighted by Gasteiger charge is -2.01. The van der Waals surface area contributed by atoms with Crippen LogP contribution in [-0.2, 0) is 6.42 Å². The smallest absolute Gasteiger partial charge is 0.182 e. The van der Waals surface area contributed by atoms with Gasteiger partial charge in [0.25, 0.3) is 0 Å². The first-order chi connectivity index (χ1) is 6.36. The molecule has 0 aliphatic rings. The molecule has 0 spiro atoms. The van der Waals surface area contributed by atoms with Crippen LogP contribution in [0.25, 0.3) is 0 Å². The number of nitrogens with zero attached hydrogens (tertiary/aromatic N) is 1. The molecule has 0 radical (unpaired) electrons. The summed E-state index contributed by atoms with van der Waals surface area (Å²) in [7, 11) is 0. The molecule has 2 N–H and O–H groups in total. The van der Waals surface area contributed by atoms with Crippen LogP contribution in [0.3, 0.4) is 0 Å². The average molecular weight is 199 g/mol. The van der Waals surface area contributed by atoms with E-state index in [2.05, 4.69) is 34.8 Å². The van der Waals surface area contributed by atoms with Crippen molar-refractivity contribution in [2.75, 3.05) is 25.0 Å². The topological polar surface area (TPSA) is 37.0 Å². The molecular formula is C9H17N3S. The molecule has 13 heavy (non-hydrogen) atoms. The zero-order valence-electron chi connectivity index (χ0n) is 8.26. The molecular weight excluding hydrogens is 182 g/mol. The minimum absolute atomic E-state index is 0.949. The highest BCUT2D eigenvalue weighted by atomic mass is 32.1. The number of hydrogen-bond donors (Lipinski definition) is 2. The third-order valence-corrected chi connectivity index (χ3v) is 2.59. The number of aryl methyl sites for hydroxylation is 1. The summed E-state index contributed by atoms with van der Waals surface area (Å²) < 4.78 is 0. The molecule has 0 atom stereocenters. The summed E-state index contributed by atoms with van der Waals surface area (Å²) in [6, 6.07) is 0. The third kappa shape index (κ3) is 3.74. The van der Waals surface area contributed by atoms with E-state index >= 15 is 0 Å². The van der Waals surface area contributed by atoms with Crippen LogP contribution in [0.5, 0.6) is 0 Å². The first-order valence-corrected chi connectivity index (χ1v) is 5.63. The second-order valence-corrected chi connectivity index (χ2v) is 3.64. The van der Waals surface area contributed by atoms with Crippen molar-refractivity contribution >= 4 is 16.5 Å². The van der Waals surface area contributed by atoms with Crippen molar-refractivity contribution in [3.63, 3.8) is 0 Å². The largest absolute Gasteiger partial charge is 0.360 e. The zero-order chi connectivity index (χ0) is 9.52. The normalized spacial score (nSPS) is 10.3. The number of rotatable bonds is 6. The minimum atomic E-state index is 0.949. The van der Waals surface area contributed by atoms with Crippen molar-refractivity contribution < 1.29 is 0 Å². The molecule has 4 heteroatoms. The van der Waals surface area contributed by atoms with E-state index < -0.39 is 0 Å². The van der Waals surface area contributed by atoms with E-state index in [1.807, 2.05) is 0 Å². The molecule has 3 nitrogen and oxygen atoms in total. The maximum absolute atomic E-state index is 4.41. The van der Waals surface area contributed by atoms with Gasteiger partial charge < -0.3 is 10.6 Å². The van der Waals surface area contributed by atoms with E-state index in [-0.39, 0.29) is 0 Å². The van der Waals surface area contributed by atoms with Crippen molar-refractivity contribution in [1.29, 1.82) is 0 Å². The molecule has 1 aromatic heterocycles. The van der Waals surface area contributed by atoms with Gasteiger partial charge in [-0.2, -0.15) is 0 Å². The predicted octanol–water partition coefficient (Wildman–Crippen LogP) is 1.73. The van der Waals surface area contributed by atoms with Gasteiger partial charge in [0.15, 0.2) is 5.13 Å². The molecule has 1 heterocycles. The summed E-state index contributed by atoms with van der Waals surface area (Å²) in [6.45, 7) is 7.21. The van der Waals surface area contributed by atoms with Gasteiger partial charge in [-0.3, -0.25) is 0 Å². The molecule has 0 unspecified atom stereocenters. The zero-order valence-corrected chi connectivity index (χ0v) is 9.08. The van der Waals surface area contributed by atoms with Gasteiger partial charge in [-0.15, -0.1) is 11.3 Å². The summed E-state index contributed by atoms with van der Waals surface area (Å²) >= 11 is 1.68. The van der Waals surface area contributed by atoms with E-state index in [1.54, 1.807) is 11.3 Å². The molecule has 74 valence electrons. The lowest BCUT2D eigenvalue weighted by molar-refractivity contribution is 0.738. The highest BCUT2D eigenvalue weighted by Crippen LogP contribution is 2.14. The van der Waals surface area contributed by atoms with Crippen LogP contribution < -0.4 is 10.6 Å². The molecule has 0 aliphatic carbocycles. The average Bonchev–Trinajstić information content (AvgIpc) is 2.60. The molecule has 1 rings (SSSR count). The minimum Gasteiger partial charge on any atom is -0.360 e. The molecule has 0 saturated carbocycles. The summed E-state index contributed by atoms with van der Waals surface area (Å²) in [5.41, 5.74) is 1.18. The Morgan fingerprint density at radius 3 is 2.85 bits per heavy atom. The number of thiazole rings is 1. The van der Waals surface area contributed by atoms with Crippen LogP contribution in [0, 0.1) is 0 Å². The highest BCUT2D eigenvalue weighted by molar-refractivity contribution is 7.13. The predicted molar refractivity (Wildman–Crippen MR) is 58.5 cm³/mol. The van der Waals surface area contributed by atoms with Gasteiger partial charge in [0.2, 0.25) is 0 Å². The van der Waals surface area contributed by atoms with Crippen LogP contribution in [0.15, 0.2) is 5.38 Å². The Kier molecular flexibility index (Phi) is 4.78. The van der Waals surface area contributed by atoms with E-state index in [1.165, 1.54) is 5.69 Å². The number of anilines is 1. The number of hydrogen-bond acceptors (Lipinski definition) is 4. The molecule has 1 aromatic rings. The van der Waals surface area contributed by atoms with Crippen molar-refractivity contribution in [3.05, 3.63) is 11.1 Å². The Hall–Kier alpha value is -0.610. The molecule has 0 bridgehead atoms. The SMILES string of the molecule is CCNCCNc1nc(CC)cs1. The third-order valence-electron chi connectivity index (χ3n) is 1.74. The lowest BCUT2D eigenvalue weighted by Crippen LogP contribution is -2.21. The second kappa shape index (κ2) is 5.94. The Morgan fingerprint density at radius 1 is 1.38 bits per heavy atom. The van der Waals surface area contributed by atoms with Crippen LogP contribution in [-0.4, -0.2) is 24.6 Å². The molecule has 0 fully saturated rings. The fourth-order valence-electron chi connectivity index (χ4n) is 0.985. The Morgan fingerprint density at radius 2 is 2.23 bits per heavy atom. The Labute approximate surface area is 83.6 Å². The van der Waals surface area contributed by atoms with E-state index in [0.29, 0.717) is 0 Å². The molecule has 0 aromatic carbocycles. The highest BCUT2D eigenvalue weighted by Gasteiger charge is 1.97. The number of likely N-dealkylation sites (N-methyl/N-ethyl adjacent to an activating group) is 1. The summed E-state index contributed by atoms with van der Waals surface area (Å²) in [6.07, 6.45) is 1.02. The van der Waals surface area contributed by atoms with Crippen molar-refractivity contribution in [3.8, 4) is 0 Å². The quantitative estimate of drug-likeness (QED) is 0.685. The summed E-state index contributed by atoms with van der Waals surface area (Å²) in [5.74, 6) is 0. The van der Waals surface area contributed by atoms with Gasteiger partial charge >= 0.3 is 0 Å². The van der Waals surface area contributed by atoms with Gasteiger partial charge in [-0.05, 0) is 13.0 Å². The monoisotopic (exact) mass is 199 g/mol. The van der Waals surface area contributed by atoms with Gasteiger partial charge in [0, 0.05) is 18.5 Å². The van der Waals surface area contributed by atoms with E-state index in [9.17, 15) is 0 Å². The standard InChI is InChI=1S/C9H17N3S/c1-3-8-7-13-9(12-8)11-6-5-10-4-2/h7,10H,3-6H2,1-2H3,(H,11,12). The summed E-state index contributed by atoms with van der Waals surface area (Å²) in [5, 5.41) is 9.68. The van der Waals surface area contributed by atoms with Crippen molar-refractivity contribution in [2.45, 2.75) is 20.3 Å². The van der Waals surface area contributed by atoms with Gasteiger partial charge in [-0.1, -0.05) is 13.8 Å². The van der Waals surface area contributed by atoms with E-state index in [0.717, 1.165) is 31.2 Å². The first-order valence-electron chi connectivity index (χ1n) is 4.75. The Balaban J connectivity index is 2.20. The van der Waals surface area contributed by atoms with Crippen LogP contribution in [0.2, 0.25) is 0 Å². The molecule has 0 aliphatic heterocycles. The lowest BCUT2D eigenvalue weighted by atomic mass is 10.4. The van der Waals surface area contributed by atoms with Gasteiger partial charge in [-0.25, -0.2) is 4.98 Å². The fourth-order valence-corrected chi connectivity index (χ4v) is 1.81. The Bertz CT molecular complexity index is 235. The first kappa shape index (κ1) is 10.5. The van der Waals surface area contributed by atoms with Gasteiger partial charge in [0.05, 0.1) is 5.69 Å². The van der Waals surface area contributed by atoms with Crippen LogP contribution >= 0.6 is 11.3 Å². The maximum Gasteiger partial charge on any atom is 0.182 e. The van der Waals surface area contributed by atoms with Crippen molar-refractivity contribution in [1.82, 2.24) is 10.3 Å². The fraction of sp³-hybridized carbons (Fsp3) is 0.667. The molecule has 0 amide bonds. The molecule has 0 saturated heterocycles. The van der Waals surface area contributed by atoms with E-state index in [4.69, 9.17) is 0 Å². The summed E-state index contributed by atoms with van der Waals surface area (Å²) in [4.78, 5) is 4.41.